The Morgan fingerprint density at radius 3 is 2.47 bits per heavy atom. The van der Waals surface area contributed by atoms with E-state index in [1.54, 1.807) is 12.1 Å². The van der Waals surface area contributed by atoms with Crippen molar-refractivity contribution in [2.24, 2.45) is 5.92 Å². The summed E-state index contributed by atoms with van der Waals surface area (Å²) in [4.78, 5) is 23.8. The van der Waals surface area contributed by atoms with Gasteiger partial charge in [0.1, 0.15) is 6.04 Å². The van der Waals surface area contributed by atoms with Crippen molar-refractivity contribution in [3.05, 3.63) is 35.9 Å². The van der Waals surface area contributed by atoms with Gasteiger partial charge in [0.25, 0.3) is 0 Å². The molecule has 0 aliphatic rings. The van der Waals surface area contributed by atoms with Crippen LogP contribution in [0.2, 0.25) is 0 Å². The fourth-order valence-electron chi connectivity index (χ4n) is 2.85. The Morgan fingerprint density at radius 1 is 1.15 bits per heavy atom. The number of unbranched alkanes of at least 4 members (excludes halogenated alkanes) is 2. The molecule has 1 aromatic rings. The third-order valence-corrected chi connectivity index (χ3v) is 6.25. The highest BCUT2D eigenvalue weighted by Gasteiger charge is 2.33. The SMILES string of the molecule is COC(=O)C(CO)NP(=O)(OC)Oc1ccc(CNC(=O)CCCC/C=C/C(C)C)cc1OC. The van der Waals surface area contributed by atoms with Crippen molar-refractivity contribution in [3.63, 3.8) is 0 Å². The summed E-state index contributed by atoms with van der Waals surface area (Å²) in [5.74, 6) is 0.00580. The van der Waals surface area contributed by atoms with Gasteiger partial charge in [-0.15, -0.1) is 0 Å². The first-order valence-corrected chi connectivity index (χ1v) is 12.6. The number of aliphatic hydroxyl groups is 1. The first kappa shape index (κ1) is 29.6. The number of nitrogens with one attached hydrogen (secondary N) is 2. The Kier molecular flexibility index (Phi) is 13.5. The summed E-state index contributed by atoms with van der Waals surface area (Å²) < 4.78 is 33.2. The van der Waals surface area contributed by atoms with Gasteiger partial charge in [0.2, 0.25) is 5.91 Å². The highest BCUT2D eigenvalue weighted by atomic mass is 31.2. The maximum atomic E-state index is 12.9. The highest BCUT2D eigenvalue weighted by Crippen LogP contribution is 2.46. The molecule has 3 N–H and O–H groups in total. The van der Waals surface area contributed by atoms with E-state index in [1.807, 2.05) is 0 Å². The van der Waals surface area contributed by atoms with Crippen LogP contribution in [-0.4, -0.2) is 51.0 Å². The lowest BCUT2D eigenvalue weighted by molar-refractivity contribution is -0.143. The Labute approximate surface area is 201 Å². The Bertz CT molecular complexity index is 859. The monoisotopic (exact) mass is 500 g/mol. The van der Waals surface area contributed by atoms with Crippen molar-refractivity contribution in [2.45, 2.75) is 52.1 Å². The quantitative estimate of drug-likeness (QED) is 0.135. The van der Waals surface area contributed by atoms with Crippen LogP contribution in [0.25, 0.3) is 0 Å². The normalized spacial score (nSPS) is 14.0. The van der Waals surface area contributed by atoms with E-state index >= 15 is 0 Å². The summed E-state index contributed by atoms with van der Waals surface area (Å²) in [5.41, 5.74) is 0.750. The number of benzene rings is 1. The smallest absolute Gasteiger partial charge is 0.459 e. The summed E-state index contributed by atoms with van der Waals surface area (Å²) in [6, 6.07) is 3.53. The van der Waals surface area contributed by atoms with Crippen LogP contribution in [0.5, 0.6) is 11.5 Å². The molecule has 0 saturated heterocycles. The maximum absolute atomic E-state index is 12.9. The van der Waals surface area contributed by atoms with Gasteiger partial charge in [0.05, 0.1) is 20.8 Å². The molecule has 1 aromatic carbocycles. The summed E-state index contributed by atoms with van der Waals surface area (Å²) in [6.07, 6.45) is 7.48. The third-order valence-electron chi connectivity index (χ3n) is 4.70. The van der Waals surface area contributed by atoms with Crippen molar-refractivity contribution >= 4 is 19.6 Å². The van der Waals surface area contributed by atoms with Crippen LogP contribution < -0.4 is 19.7 Å². The molecule has 0 fully saturated rings. The lowest BCUT2D eigenvalue weighted by atomic mass is 10.1. The molecule has 0 aliphatic heterocycles. The summed E-state index contributed by atoms with van der Waals surface area (Å²) >= 11 is 0. The lowest BCUT2D eigenvalue weighted by Gasteiger charge is -2.22. The molecule has 2 atom stereocenters. The number of ether oxygens (including phenoxy) is 2. The van der Waals surface area contributed by atoms with Gasteiger partial charge in [-0.3, -0.25) is 14.1 Å². The summed E-state index contributed by atoms with van der Waals surface area (Å²) in [6.45, 7) is 3.87. The van der Waals surface area contributed by atoms with Crippen LogP contribution in [0.4, 0.5) is 0 Å². The van der Waals surface area contributed by atoms with Crippen LogP contribution in [0.1, 0.15) is 45.1 Å². The van der Waals surface area contributed by atoms with E-state index in [9.17, 15) is 19.3 Å². The highest BCUT2D eigenvalue weighted by molar-refractivity contribution is 7.52. The number of esters is 1. The Hall–Kier alpha value is -2.39. The molecule has 0 saturated carbocycles. The van der Waals surface area contributed by atoms with Crippen LogP contribution in [0, 0.1) is 5.92 Å². The van der Waals surface area contributed by atoms with Gasteiger partial charge < -0.3 is 24.4 Å². The molecule has 0 radical (unpaired) electrons. The molecular formula is C23H37N2O8P. The minimum atomic E-state index is -4.04. The predicted octanol–water partition coefficient (Wildman–Crippen LogP) is 3.34. The van der Waals surface area contributed by atoms with Crippen LogP contribution in [-0.2, 0) is 30.0 Å². The molecule has 0 heterocycles. The number of hydrogen-bond acceptors (Lipinski definition) is 8. The largest absolute Gasteiger partial charge is 0.493 e. The third kappa shape index (κ3) is 10.7. The number of rotatable bonds is 16. The van der Waals surface area contributed by atoms with E-state index in [1.165, 1.54) is 13.2 Å². The number of methoxy groups -OCH3 is 2. The van der Waals surface area contributed by atoms with Gasteiger partial charge in [0, 0.05) is 20.1 Å². The molecule has 192 valence electrons. The van der Waals surface area contributed by atoms with Gasteiger partial charge in [-0.1, -0.05) is 32.1 Å². The molecule has 0 aliphatic carbocycles. The van der Waals surface area contributed by atoms with E-state index < -0.39 is 26.4 Å². The summed E-state index contributed by atoms with van der Waals surface area (Å²) in [5, 5.41) is 14.6. The molecule has 10 nitrogen and oxygen atoms in total. The first-order chi connectivity index (χ1) is 16.2. The first-order valence-electron chi connectivity index (χ1n) is 11.1. The number of amides is 1. The van der Waals surface area contributed by atoms with Crippen molar-refractivity contribution in [3.8, 4) is 11.5 Å². The van der Waals surface area contributed by atoms with E-state index in [-0.39, 0.29) is 24.0 Å². The van der Waals surface area contributed by atoms with Crippen LogP contribution >= 0.6 is 7.75 Å². The van der Waals surface area contributed by atoms with Gasteiger partial charge in [-0.25, -0.2) is 4.57 Å². The van der Waals surface area contributed by atoms with Crippen molar-refractivity contribution in [2.75, 3.05) is 27.9 Å². The molecule has 1 amide bonds. The van der Waals surface area contributed by atoms with E-state index in [4.69, 9.17) is 13.8 Å². The van der Waals surface area contributed by atoms with Gasteiger partial charge in [0.15, 0.2) is 11.5 Å². The number of allylic oxidation sites excluding steroid dienone is 2. The maximum Gasteiger partial charge on any atom is 0.459 e. The fourth-order valence-corrected chi connectivity index (χ4v) is 4.06. The molecule has 11 heteroatoms. The zero-order chi connectivity index (χ0) is 25.6. The van der Waals surface area contributed by atoms with Gasteiger partial charge in [-0.05, 0) is 42.9 Å². The van der Waals surface area contributed by atoms with Gasteiger partial charge in [-0.2, -0.15) is 5.09 Å². The van der Waals surface area contributed by atoms with E-state index in [2.05, 4.69) is 41.1 Å². The Morgan fingerprint density at radius 2 is 1.88 bits per heavy atom. The fraction of sp³-hybridized carbons (Fsp3) is 0.565. The second-order valence-corrected chi connectivity index (χ2v) is 9.64. The number of carbonyl (C=O) groups excluding carboxylic acids is 2. The minimum absolute atomic E-state index is 0.0435. The van der Waals surface area contributed by atoms with E-state index in [0.717, 1.165) is 39.0 Å². The van der Waals surface area contributed by atoms with E-state index in [0.29, 0.717) is 12.3 Å². The molecule has 2 unspecified atom stereocenters. The second kappa shape index (κ2) is 15.5. The predicted molar refractivity (Wildman–Crippen MR) is 129 cm³/mol. The molecular weight excluding hydrogens is 463 g/mol. The van der Waals surface area contributed by atoms with Crippen LogP contribution in [0.3, 0.4) is 0 Å². The number of hydrogen-bond donors (Lipinski definition) is 3. The molecule has 34 heavy (non-hydrogen) atoms. The number of carbonyl (C=O) groups is 2. The molecule has 0 aromatic heterocycles. The average Bonchev–Trinajstić information content (AvgIpc) is 2.83. The second-order valence-electron chi connectivity index (χ2n) is 7.84. The molecule has 0 spiro atoms. The Balaban J connectivity index is 2.68. The van der Waals surface area contributed by atoms with Crippen molar-refractivity contribution in [1.29, 1.82) is 0 Å². The minimum Gasteiger partial charge on any atom is -0.493 e. The van der Waals surface area contributed by atoms with Gasteiger partial charge >= 0.3 is 13.7 Å². The average molecular weight is 501 g/mol. The molecule has 0 bridgehead atoms. The number of aliphatic hydroxyl groups excluding tert-OH is 1. The summed E-state index contributed by atoms with van der Waals surface area (Å²) in [7, 11) is -0.358. The van der Waals surface area contributed by atoms with Crippen LogP contribution in [0.15, 0.2) is 30.4 Å². The lowest BCUT2D eigenvalue weighted by Crippen LogP contribution is -2.39. The standard InChI is InChI=1S/C23H37N2O8P/c1-17(2)10-8-6-7-9-11-22(27)24-15-18-12-13-20(21(14-18)30-3)33-34(29,32-5)25-19(16-26)23(28)31-4/h8,10,12-14,17,19,26H,6-7,9,11,15-16H2,1-5H3,(H,24,27)(H,25,29)/b10-8+. The van der Waals surface area contributed by atoms with Crippen molar-refractivity contribution < 1.29 is 37.8 Å². The van der Waals surface area contributed by atoms with Crippen molar-refractivity contribution in [1.82, 2.24) is 10.4 Å². The molecule has 1 rings (SSSR count). The zero-order valence-corrected chi connectivity index (χ0v) is 21.4. The topological polar surface area (TPSA) is 132 Å². The zero-order valence-electron chi connectivity index (χ0n) is 20.5.